The molecule has 21 heavy (non-hydrogen) atoms. The van der Waals surface area contributed by atoms with Crippen molar-refractivity contribution in [3.63, 3.8) is 0 Å². The van der Waals surface area contributed by atoms with Gasteiger partial charge in [0.15, 0.2) is 5.75 Å². The average molecular weight is 391 g/mol. The third-order valence-corrected chi connectivity index (χ3v) is 3.57. The van der Waals surface area contributed by atoms with E-state index >= 15 is 0 Å². The highest BCUT2D eigenvalue weighted by Crippen LogP contribution is 2.36. The minimum atomic E-state index is -0.882. The number of nitrogens with zero attached hydrogens (tertiary/aromatic N) is 1. The Kier molecular flexibility index (Phi) is 4.82. The van der Waals surface area contributed by atoms with Crippen LogP contribution in [0.3, 0.4) is 0 Å². The van der Waals surface area contributed by atoms with E-state index in [-0.39, 0.29) is 22.0 Å². The molecule has 0 N–H and O–H groups in total. The maximum atomic E-state index is 12.1. The largest absolute Gasteiger partial charge is 0.420 e. The number of halogens is 3. The molecule has 0 amide bonds. The lowest BCUT2D eigenvalue weighted by molar-refractivity contribution is -0.385. The van der Waals surface area contributed by atoms with Crippen molar-refractivity contribution in [2.75, 3.05) is 0 Å². The molecule has 0 atom stereocenters. The first-order chi connectivity index (χ1) is 9.90. The monoisotopic (exact) mass is 389 g/mol. The summed E-state index contributed by atoms with van der Waals surface area (Å²) in [5.74, 6) is -0.837. The Morgan fingerprint density at radius 2 is 1.90 bits per heavy atom. The summed E-state index contributed by atoms with van der Waals surface area (Å²) in [6.07, 6.45) is 0. The van der Waals surface area contributed by atoms with Crippen LogP contribution in [0.15, 0.2) is 40.9 Å². The number of esters is 1. The van der Waals surface area contributed by atoms with Crippen molar-refractivity contribution in [1.29, 1.82) is 0 Å². The number of carbonyl (C=O) groups is 1. The van der Waals surface area contributed by atoms with Crippen LogP contribution in [0.5, 0.6) is 5.75 Å². The molecule has 0 aromatic heterocycles. The van der Waals surface area contributed by atoms with Gasteiger partial charge in [-0.25, -0.2) is 4.79 Å². The summed E-state index contributed by atoms with van der Waals surface area (Å²) in [6.45, 7) is 0. The number of hydrogen-bond acceptors (Lipinski definition) is 4. The fourth-order valence-electron chi connectivity index (χ4n) is 1.58. The smallest absolute Gasteiger partial charge is 0.350 e. The molecule has 2 rings (SSSR count). The van der Waals surface area contributed by atoms with Crippen LogP contribution in [-0.4, -0.2) is 10.9 Å². The summed E-state index contributed by atoms with van der Waals surface area (Å²) in [5, 5.41) is 11.4. The second-order valence-corrected chi connectivity index (χ2v) is 5.56. The molecular weight excluding hydrogens is 385 g/mol. The highest BCUT2D eigenvalue weighted by Gasteiger charge is 2.22. The fourth-order valence-corrected chi connectivity index (χ4v) is 2.90. The summed E-state index contributed by atoms with van der Waals surface area (Å²) < 4.78 is 5.49. The molecule has 8 heteroatoms. The minimum absolute atomic E-state index is 0.0456. The van der Waals surface area contributed by atoms with Crippen molar-refractivity contribution in [3.8, 4) is 5.75 Å². The number of ether oxygens (including phenoxy) is 1. The molecule has 0 saturated heterocycles. The SMILES string of the molecule is O=C(Oc1c(Cl)cc(Cl)cc1Br)c1ccccc1[N+](=O)[O-]. The van der Waals surface area contributed by atoms with Crippen LogP contribution in [0.4, 0.5) is 5.69 Å². The zero-order chi connectivity index (χ0) is 15.6. The highest BCUT2D eigenvalue weighted by atomic mass is 79.9. The zero-order valence-electron chi connectivity index (χ0n) is 10.2. The van der Waals surface area contributed by atoms with Crippen molar-refractivity contribution in [1.82, 2.24) is 0 Å². The molecule has 108 valence electrons. The minimum Gasteiger partial charge on any atom is -0.420 e. The van der Waals surface area contributed by atoms with Crippen LogP contribution in [0.1, 0.15) is 10.4 Å². The standard InChI is InChI=1S/C13H6BrCl2NO4/c14-9-5-7(15)6-10(16)12(9)21-13(18)8-3-1-2-4-11(8)17(19)20/h1-6H. The van der Waals surface area contributed by atoms with E-state index in [2.05, 4.69) is 15.9 Å². The van der Waals surface area contributed by atoms with E-state index in [9.17, 15) is 14.9 Å². The lowest BCUT2D eigenvalue weighted by Crippen LogP contribution is -2.11. The van der Waals surface area contributed by atoms with Crippen LogP contribution in [0.25, 0.3) is 0 Å². The van der Waals surface area contributed by atoms with Crippen molar-refractivity contribution < 1.29 is 14.5 Å². The molecule has 0 spiro atoms. The number of benzene rings is 2. The van der Waals surface area contributed by atoms with Gasteiger partial charge < -0.3 is 4.74 Å². The molecule has 0 aliphatic carbocycles. The predicted octanol–water partition coefficient (Wildman–Crippen LogP) is 4.88. The lowest BCUT2D eigenvalue weighted by atomic mass is 10.2. The van der Waals surface area contributed by atoms with Gasteiger partial charge in [0.05, 0.1) is 14.4 Å². The Morgan fingerprint density at radius 3 is 2.52 bits per heavy atom. The van der Waals surface area contributed by atoms with E-state index in [1.807, 2.05) is 0 Å². The molecule has 2 aromatic rings. The third-order valence-electron chi connectivity index (χ3n) is 2.48. The summed E-state index contributed by atoms with van der Waals surface area (Å²) in [6, 6.07) is 8.38. The second kappa shape index (κ2) is 6.43. The van der Waals surface area contributed by atoms with Gasteiger partial charge in [0, 0.05) is 11.1 Å². The molecule has 0 fully saturated rings. The Bertz CT molecular complexity index is 713. The van der Waals surface area contributed by atoms with Gasteiger partial charge in [0.2, 0.25) is 0 Å². The van der Waals surface area contributed by atoms with Gasteiger partial charge in [0.25, 0.3) is 5.69 Å². The van der Waals surface area contributed by atoms with Gasteiger partial charge in [-0.05, 0) is 34.1 Å². The van der Waals surface area contributed by atoms with Crippen LogP contribution in [-0.2, 0) is 0 Å². The van der Waals surface area contributed by atoms with Crippen LogP contribution >= 0.6 is 39.1 Å². The summed E-state index contributed by atoms with van der Waals surface area (Å²) in [4.78, 5) is 22.3. The number of rotatable bonds is 3. The lowest BCUT2D eigenvalue weighted by Gasteiger charge is -2.09. The molecule has 0 unspecified atom stereocenters. The molecule has 2 aromatic carbocycles. The molecular formula is C13H6BrCl2NO4. The highest BCUT2D eigenvalue weighted by molar-refractivity contribution is 9.10. The molecule has 0 radical (unpaired) electrons. The van der Waals surface area contributed by atoms with Crippen molar-refractivity contribution in [3.05, 3.63) is 66.6 Å². The average Bonchev–Trinajstić information content (AvgIpc) is 2.42. The molecule has 0 heterocycles. The summed E-state index contributed by atoms with van der Waals surface area (Å²) in [7, 11) is 0. The Morgan fingerprint density at radius 1 is 1.24 bits per heavy atom. The first-order valence-corrected chi connectivity index (χ1v) is 7.05. The third kappa shape index (κ3) is 3.53. The van der Waals surface area contributed by atoms with Crippen LogP contribution in [0.2, 0.25) is 10.0 Å². The van der Waals surface area contributed by atoms with Gasteiger partial charge in [0.1, 0.15) is 5.56 Å². The van der Waals surface area contributed by atoms with Crippen molar-refractivity contribution >= 4 is 50.8 Å². The summed E-state index contributed by atoms with van der Waals surface area (Å²) >= 11 is 14.9. The van der Waals surface area contributed by atoms with E-state index in [0.29, 0.717) is 9.50 Å². The molecule has 0 saturated carbocycles. The van der Waals surface area contributed by atoms with Gasteiger partial charge in [-0.2, -0.15) is 0 Å². The first kappa shape index (κ1) is 15.8. The van der Waals surface area contributed by atoms with Crippen LogP contribution < -0.4 is 4.74 Å². The molecule has 0 aliphatic rings. The van der Waals surface area contributed by atoms with E-state index in [0.717, 1.165) is 0 Å². The fraction of sp³-hybridized carbons (Fsp3) is 0. The van der Waals surface area contributed by atoms with Gasteiger partial charge in [-0.1, -0.05) is 35.3 Å². The number of nitro benzene ring substituents is 1. The van der Waals surface area contributed by atoms with E-state index < -0.39 is 10.9 Å². The Labute approximate surface area is 137 Å². The second-order valence-electron chi connectivity index (χ2n) is 3.86. The van der Waals surface area contributed by atoms with Crippen molar-refractivity contribution in [2.45, 2.75) is 0 Å². The number of para-hydroxylation sites is 1. The molecule has 0 bridgehead atoms. The first-order valence-electron chi connectivity index (χ1n) is 5.50. The van der Waals surface area contributed by atoms with Gasteiger partial charge >= 0.3 is 5.97 Å². The molecule has 5 nitrogen and oxygen atoms in total. The Hall–Kier alpha value is -1.63. The molecule has 0 aliphatic heterocycles. The number of carbonyl (C=O) groups excluding carboxylic acids is 1. The normalized spacial score (nSPS) is 10.2. The van der Waals surface area contributed by atoms with E-state index in [1.54, 1.807) is 0 Å². The maximum Gasteiger partial charge on any atom is 0.350 e. The maximum absolute atomic E-state index is 12.1. The summed E-state index contributed by atoms with van der Waals surface area (Å²) in [5.41, 5.74) is -0.510. The number of hydrogen-bond donors (Lipinski definition) is 0. The zero-order valence-corrected chi connectivity index (χ0v) is 13.3. The topological polar surface area (TPSA) is 69.4 Å². The quantitative estimate of drug-likeness (QED) is 0.324. The van der Waals surface area contributed by atoms with Gasteiger partial charge in [-0.15, -0.1) is 0 Å². The Balaban J connectivity index is 2.38. The van der Waals surface area contributed by atoms with E-state index in [1.165, 1.54) is 36.4 Å². The van der Waals surface area contributed by atoms with Crippen LogP contribution in [0, 0.1) is 10.1 Å². The number of nitro groups is 1. The predicted molar refractivity (Wildman–Crippen MR) is 82.2 cm³/mol. The van der Waals surface area contributed by atoms with E-state index in [4.69, 9.17) is 27.9 Å². The van der Waals surface area contributed by atoms with Gasteiger partial charge in [-0.3, -0.25) is 10.1 Å². The van der Waals surface area contributed by atoms with Crippen molar-refractivity contribution in [2.24, 2.45) is 0 Å².